The Labute approximate surface area is 133 Å². The lowest BCUT2D eigenvalue weighted by Crippen LogP contribution is -2.08. The van der Waals surface area contributed by atoms with E-state index in [-0.39, 0.29) is 11.7 Å². The van der Waals surface area contributed by atoms with Gasteiger partial charge in [0.2, 0.25) is 0 Å². The third-order valence-corrected chi connectivity index (χ3v) is 3.70. The van der Waals surface area contributed by atoms with Crippen LogP contribution in [0.25, 0.3) is 11.0 Å². The molecule has 2 aromatic heterocycles. The molecule has 6 nitrogen and oxygen atoms in total. The minimum Gasteiger partial charge on any atom is -0.497 e. The van der Waals surface area contributed by atoms with Crippen LogP contribution in [0.15, 0.2) is 35.0 Å². The fraction of sp³-hybridized carbons (Fsp3) is 0.235. The second-order valence-electron chi connectivity index (χ2n) is 5.22. The van der Waals surface area contributed by atoms with E-state index in [4.69, 9.17) is 14.4 Å². The monoisotopic (exact) mass is 308 g/mol. The van der Waals surface area contributed by atoms with Gasteiger partial charge in [-0.25, -0.2) is 9.97 Å². The van der Waals surface area contributed by atoms with Crippen LogP contribution < -0.4 is 10.1 Å². The number of rotatable bonds is 4. The van der Waals surface area contributed by atoms with Crippen molar-refractivity contribution in [2.45, 2.75) is 19.9 Å². The Morgan fingerprint density at radius 3 is 2.78 bits per heavy atom. The predicted molar refractivity (Wildman–Crippen MR) is 86.3 cm³/mol. The molecule has 23 heavy (non-hydrogen) atoms. The van der Waals surface area contributed by atoms with Crippen molar-refractivity contribution in [2.24, 2.45) is 0 Å². The topological polar surface area (TPSA) is 84.0 Å². The Hall–Kier alpha value is -3.07. The Morgan fingerprint density at radius 1 is 1.30 bits per heavy atom. The molecule has 0 saturated heterocycles. The Kier molecular flexibility index (Phi) is 3.85. The normalized spacial score (nSPS) is 11.9. The molecule has 3 rings (SSSR count). The average Bonchev–Trinajstić information content (AvgIpc) is 2.92. The Bertz CT molecular complexity index is 878. The lowest BCUT2D eigenvalue weighted by atomic mass is 10.1. The molecular weight excluding hydrogens is 292 g/mol. The Morgan fingerprint density at radius 2 is 2.13 bits per heavy atom. The summed E-state index contributed by atoms with van der Waals surface area (Å²) in [5, 5.41) is 13.0. The molecular formula is C17H16N4O2. The SMILES string of the molecule is COc1ccc2oc(C(C)Nc3cnc(C#N)cn3)c(C)c2c1. The van der Waals surface area contributed by atoms with Crippen molar-refractivity contribution in [2.75, 3.05) is 12.4 Å². The van der Waals surface area contributed by atoms with Crippen molar-refractivity contribution < 1.29 is 9.15 Å². The molecule has 0 aliphatic carbocycles. The highest BCUT2D eigenvalue weighted by atomic mass is 16.5. The van der Waals surface area contributed by atoms with Gasteiger partial charge in [-0.05, 0) is 32.0 Å². The number of fused-ring (bicyclic) bond motifs is 1. The lowest BCUT2D eigenvalue weighted by molar-refractivity contribution is 0.415. The van der Waals surface area contributed by atoms with Gasteiger partial charge in [0.25, 0.3) is 0 Å². The van der Waals surface area contributed by atoms with Gasteiger partial charge in [-0.1, -0.05) is 0 Å². The molecule has 1 unspecified atom stereocenters. The van der Waals surface area contributed by atoms with E-state index in [0.717, 1.165) is 28.0 Å². The molecule has 0 fully saturated rings. The van der Waals surface area contributed by atoms with E-state index in [1.54, 1.807) is 7.11 Å². The van der Waals surface area contributed by atoms with Crippen molar-refractivity contribution in [1.29, 1.82) is 5.26 Å². The van der Waals surface area contributed by atoms with Crippen molar-refractivity contribution >= 4 is 16.8 Å². The van der Waals surface area contributed by atoms with Crippen LogP contribution >= 0.6 is 0 Å². The fourth-order valence-corrected chi connectivity index (χ4v) is 2.51. The maximum atomic E-state index is 8.75. The first-order chi connectivity index (χ1) is 11.1. The van der Waals surface area contributed by atoms with E-state index in [1.165, 1.54) is 12.4 Å². The van der Waals surface area contributed by atoms with Crippen LogP contribution in [-0.2, 0) is 0 Å². The standard InChI is InChI=1S/C17H16N4O2/c1-10-14-6-13(22-3)4-5-15(14)23-17(10)11(2)21-16-9-19-12(7-18)8-20-16/h4-6,8-9,11H,1-3H3,(H,20,21). The number of nitrogens with zero attached hydrogens (tertiary/aromatic N) is 3. The quantitative estimate of drug-likeness (QED) is 0.793. The van der Waals surface area contributed by atoms with E-state index < -0.39 is 0 Å². The van der Waals surface area contributed by atoms with Gasteiger partial charge in [0.15, 0.2) is 5.69 Å². The molecule has 0 saturated carbocycles. The van der Waals surface area contributed by atoms with Gasteiger partial charge < -0.3 is 14.5 Å². The summed E-state index contributed by atoms with van der Waals surface area (Å²) in [5.41, 5.74) is 2.16. The zero-order chi connectivity index (χ0) is 16.4. The highest BCUT2D eigenvalue weighted by Gasteiger charge is 2.17. The molecule has 1 atom stereocenters. The van der Waals surface area contributed by atoms with Gasteiger partial charge >= 0.3 is 0 Å². The van der Waals surface area contributed by atoms with E-state index in [2.05, 4.69) is 15.3 Å². The third kappa shape index (κ3) is 2.81. The van der Waals surface area contributed by atoms with Crippen LogP contribution in [-0.4, -0.2) is 17.1 Å². The molecule has 0 radical (unpaired) electrons. The molecule has 0 aliphatic rings. The van der Waals surface area contributed by atoms with Crippen molar-refractivity contribution in [3.63, 3.8) is 0 Å². The number of methoxy groups -OCH3 is 1. The third-order valence-electron chi connectivity index (χ3n) is 3.70. The molecule has 1 aromatic carbocycles. The molecule has 0 spiro atoms. The lowest BCUT2D eigenvalue weighted by Gasteiger charge is -2.12. The van der Waals surface area contributed by atoms with Gasteiger partial charge in [-0.2, -0.15) is 5.26 Å². The number of aromatic nitrogens is 2. The summed E-state index contributed by atoms with van der Waals surface area (Å²) in [5.74, 6) is 2.22. The van der Waals surface area contributed by atoms with Gasteiger partial charge in [0, 0.05) is 10.9 Å². The highest BCUT2D eigenvalue weighted by Crippen LogP contribution is 2.32. The first kappa shape index (κ1) is 14.9. The molecule has 2 heterocycles. The second-order valence-corrected chi connectivity index (χ2v) is 5.22. The number of hydrogen-bond donors (Lipinski definition) is 1. The molecule has 1 N–H and O–H groups in total. The molecule has 0 aliphatic heterocycles. The minimum absolute atomic E-state index is 0.0874. The number of anilines is 1. The number of furan rings is 1. The summed E-state index contributed by atoms with van der Waals surface area (Å²) >= 11 is 0. The second kappa shape index (κ2) is 5.97. The number of ether oxygens (including phenoxy) is 1. The molecule has 6 heteroatoms. The van der Waals surface area contributed by atoms with Gasteiger partial charge in [-0.15, -0.1) is 0 Å². The number of benzene rings is 1. The summed E-state index contributed by atoms with van der Waals surface area (Å²) in [6.07, 6.45) is 2.97. The molecule has 0 bridgehead atoms. The number of hydrogen-bond acceptors (Lipinski definition) is 6. The van der Waals surface area contributed by atoms with Crippen LogP contribution in [0.3, 0.4) is 0 Å². The van der Waals surface area contributed by atoms with Crippen molar-refractivity contribution in [3.8, 4) is 11.8 Å². The van der Waals surface area contributed by atoms with Crippen LogP contribution in [0, 0.1) is 18.3 Å². The zero-order valence-corrected chi connectivity index (χ0v) is 13.1. The number of nitriles is 1. The van der Waals surface area contributed by atoms with Gasteiger partial charge in [0.1, 0.15) is 29.0 Å². The first-order valence-corrected chi connectivity index (χ1v) is 7.18. The summed E-state index contributed by atoms with van der Waals surface area (Å²) in [4.78, 5) is 8.17. The predicted octanol–water partition coefficient (Wildman–Crippen LogP) is 3.58. The zero-order valence-electron chi connectivity index (χ0n) is 13.1. The average molecular weight is 308 g/mol. The maximum absolute atomic E-state index is 8.75. The van der Waals surface area contributed by atoms with Crippen molar-refractivity contribution in [3.05, 3.63) is 47.6 Å². The van der Waals surface area contributed by atoms with Crippen molar-refractivity contribution in [1.82, 2.24) is 9.97 Å². The molecule has 0 amide bonds. The van der Waals surface area contributed by atoms with Crippen LogP contribution in [0.4, 0.5) is 5.82 Å². The van der Waals surface area contributed by atoms with Gasteiger partial charge in [-0.3, -0.25) is 0 Å². The molecule has 116 valence electrons. The van der Waals surface area contributed by atoms with E-state index in [9.17, 15) is 0 Å². The summed E-state index contributed by atoms with van der Waals surface area (Å²) in [6.45, 7) is 4.01. The minimum atomic E-state index is -0.0874. The summed E-state index contributed by atoms with van der Waals surface area (Å²) < 4.78 is 11.2. The Balaban J connectivity index is 1.89. The number of aryl methyl sites for hydroxylation is 1. The maximum Gasteiger partial charge on any atom is 0.158 e. The van der Waals surface area contributed by atoms with Crippen LogP contribution in [0.5, 0.6) is 5.75 Å². The smallest absolute Gasteiger partial charge is 0.158 e. The van der Waals surface area contributed by atoms with E-state index >= 15 is 0 Å². The molecule has 3 aromatic rings. The summed E-state index contributed by atoms with van der Waals surface area (Å²) in [6, 6.07) is 7.60. The van der Waals surface area contributed by atoms with Crippen LogP contribution in [0.2, 0.25) is 0 Å². The largest absolute Gasteiger partial charge is 0.497 e. The number of nitrogens with one attached hydrogen (secondary N) is 1. The van der Waals surface area contributed by atoms with E-state index in [1.807, 2.05) is 38.1 Å². The highest BCUT2D eigenvalue weighted by molar-refractivity contribution is 5.83. The summed E-state index contributed by atoms with van der Waals surface area (Å²) in [7, 11) is 1.64. The van der Waals surface area contributed by atoms with Gasteiger partial charge in [0.05, 0.1) is 25.5 Å². The fourth-order valence-electron chi connectivity index (χ4n) is 2.51. The van der Waals surface area contributed by atoms with E-state index in [0.29, 0.717) is 5.82 Å². The van der Waals surface area contributed by atoms with Crippen LogP contribution in [0.1, 0.15) is 30.0 Å². The first-order valence-electron chi connectivity index (χ1n) is 7.18.